The Morgan fingerprint density at radius 2 is 1.91 bits per heavy atom. The van der Waals surface area contributed by atoms with Crippen LogP contribution in [0.2, 0.25) is 0 Å². The van der Waals surface area contributed by atoms with Crippen molar-refractivity contribution in [1.29, 1.82) is 0 Å². The number of nitrogens with one attached hydrogen (secondary N) is 2. The summed E-state index contributed by atoms with van der Waals surface area (Å²) in [6.45, 7) is 0.548. The zero-order valence-electron chi connectivity index (χ0n) is 13.5. The molecule has 2 aliphatic rings. The molecular weight excluding hydrogens is 292 g/mol. The second-order valence-corrected chi connectivity index (χ2v) is 6.73. The largest absolute Gasteiger partial charge is 0.368 e. The topological polar surface area (TPSA) is 87.5 Å². The molecule has 0 aromatic heterocycles. The second kappa shape index (κ2) is 5.85. The highest BCUT2D eigenvalue weighted by atomic mass is 16.2. The van der Waals surface area contributed by atoms with Crippen molar-refractivity contribution in [3.8, 4) is 0 Å². The van der Waals surface area contributed by atoms with E-state index in [4.69, 9.17) is 5.73 Å². The third-order valence-electron chi connectivity index (χ3n) is 5.37. The van der Waals surface area contributed by atoms with Gasteiger partial charge in [-0.05, 0) is 38.3 Å². The van der Waals surface area contributed by atoms with Crippen LogP contribution in [-0.4, -0.2) is 42.5 Å². The zero-order chi connectivity index (χ0) is 16.5. The highest BCUT2D eigenvalue weighted by Gasteiger charge is 2.48. The molecular formula is C17H24N4O2. The average Bonchev–Trinajstić information content (AvgIpc) is 2.84. The molecule has 1 aliphatic carbocycles. The lowest BCUT2D eigenvalue weighted by Gasteiger charge is -2.45. The molecule has 1 aromatic rings. The van der Waals surface area contributed by atoms with Gasteiger partial charge in [-0.3, -0.25) is 4.79 Å². The second-order valence-electron chi connectivity index (χ2n) is 6.73. The van der Waals surface area contributed by atoms with E-state index < -0.39 is 5.91 Å². The minimum Gasteiger partial charge on any atom is -0.368 e. The number of carbonyl (C=O) groups is 2. The summed E-state index contributed by atoms with van der Waals surface area (Å²) in [5.41, 5.74) is 6.23. The molecule has 0 bridgehead atoms. The molecule has 6 nitrogen and oxygen atoms in total. The average molecular weight is 316 g/mol. The molecule has 1 saturated heterocycles. The Kier molecular flexibility index (Phi) is 4.02. The first-order chi connectivity index (χ1) is 11.0. The lowest BCUT2D eigenvalue weighted by Crippen LogP contribution is -2.53. The summed E-state index contributed by atoms with van der Waals surface area (Å²) in [5, 5.41) is 6.58. The van der Waals surface area contributed by atoms with Crippen LogP contribution in [0.25, 0.3) is 0 Å². The summed E-state index contributed by atoms with van der Waals surface area (Å²) in [7, 11) is 2.00. The smallest absolute Gasteiger partial charge is 0.318 e. The first kappa shape index (κ1) is 15.8. The fourth-order valence-electron chi connectivity index (χ4n) is 3.98. The van der Waals surface area contributed by atoms with Gasteiger partial charge in [-0.25, -0.2) is 4.79 Å². The molecule has 1 aromatic carbocycles. The van der Waals surface area contributed by atoms with Crippen LogP contribution in [0.3, 0.4) is 0 Å². The van der Waals surface area contributed by atoms with E-state index in [1.54, 1.807) is 0 Å². The van der Waals surface area contributed by atoms with Crippen LogP contribution in [0.5, 0.6) is 0 Å². The van der Waals surface area contributed by atoms with Crippen LogP contribution < -0.4 is 16.4 Å². The number of carbonyl (C=O) groups excluding carboxylic acids is 2. The molecule has 3 amide bonds. The van der Waals surface area contributed by atoms with E-state index in [2.05, 4.69) is 34.9 Å². The van der Waals surface area contributed by atoms with Crippen LogP contribution in [0.15, 0.2) is 30.3 Å². The van der Waals surface area contributed by atoms with Crippen molar-refractivity contribution in [3.05, 3.63) is 35.9 Å². The lowest BCUT2D eigenvalue weighted by molar-refractivity contribution is -0.118. The Balaban J connectivity index is 1.73. The van der Waals surface area contributed by atoms with Gasteiger partial charge in [0.1, 0.15) is 6.54 Å². The summed E-state index contributed by atoms with van der Waals surface area (Å²) in [6, 6.07) is 10.3. The van der Waals surface area contributed by atoms with Crippen molar-refractivity contribution < 1.29 is 9.59 Å². The number of urea groups is 1. The lowest BCUT2D eigenvalue weighted by atomic mass is 9.69. The van der Waals surface area contributed by atoms with Crippen molar-refractivity contribution in [2.45, 2.75) is 36.8 Å². The summed E-state index contributed by atoms with van der Waals surface area (Å²) in [4.78, 5) is 24.7. The van der Waals surface area contributed by atoms with Crippen LogP contribution in [-0.2, 0) is 10.3 Å². The number of nitrogens with two attached hydrogens (primary N) is 1. The monoisotopic (exact) mass is 316 g/mol. The molecule has 4 N–H and O–H groups in total. The fraction of sp³-hybridized carbons (Fsp3) is 0.529. The maximum absolute atomic E-state index is 12.1. The van der Waals surface area contributed by atoms with Gasteiger partial charge in [-0.1, -0.05) is 30.3 Å². The van der Waals surface area contributed by atoms with E-state index in [1.807, 2.05) is 13.1 Å². The van der Waals surface area contributed by atoms with Gasteiger partial charge in [0.05, 0.1) is 5.54 Å². The number of hydrogen-bond donors (Lipinski definition) is 3. The minimum atomic E-state index is -0.470. The van der Waals surface area contributed by atoms with Crippen LogP contribution in [0.1, 0.15) is 31.2 Å². The highest BCUT2D eigenvalue weighted by Crippen LogP contribution is 2.42. The molecule has 0 radical (unpaired) electrons. The Morgan fingerprint density at radius 3 is 2.48 bits per heavy atom. The Bertz CT molecular complexity index is 594. The molecule has 1 saturated carbocycles. The number of benzene rings is 1. The van der Waals surface area contributed by atoms with E-state index in [-0.39, 0.29) is 23.7 Å². The SMILES string of the molecule is CN[C@]1(c2ccccc2)CC[C@]2(CC1)CN(CC(N)=O)C(=O)N2. The van der Waals surface area contributed by atoms with Gasteiger partial charge >= 0.3 is 6.03 Å². The first-order valence-electron chi connectivity index (χ1n) is 8.08. The molecule has 1 spiro atoms. The molecule has 0 atom stereocenters. The Hall–Kier alpha value is -2.08. The van der Waals surface area contributed by atoms with Gasteiger partial charge in [0, 0.05) is 12.1 Å². The summed E-state index contributed by atoms with van der Waals surface area (Å²) in [6.07, 6.45) is 3.64. The predicted octanol–water partition coefficient (Wildman–Crippen LogP) is 0.925. The number of rotatable bonds is 4. The Labute approximate surface area is 136 Å². The maximum atomic E-state index is 12.1. The maximum Gasteiger partial charge on any atom is 0.318 e. The molecule has 1 aliphatic heterocycles. The molecule has 6 heteroatoms. The van der Waals surface area contributed by atoms with Gasteiger partial charge < -0.3 is 21.3 Å². The first-order valence-corrected chi connectivity index (χ1v) is 8.08. The van der Waals surface area contributed by atoms with Crippen LogP contribution in [0, 0.1) is 0 Å². The van der Waals surface area contributed by atoms with E-state index >= 15 is 0 Å². The normalized spacial score (nSPS) is 30.5. The van der Waals surface area contributed by atoms with Crippen molar-refractivity contribution in [2.75, 3.05) is 20.1 Å². The Morgan fingerprint density at radius 1 is 1.26 bits per heavy atom. The van der Waals surface area contributed by atoms with Gasteiger partial charge in [-0.2, -0.15) is 0 Å². The minimum absolute atomic E-state index is 0.0105. The summed E-state index contributed by atoms with van der Waals surface area (Å²) in [5.74, 6) is -0.470. The van der Waals surface area contributed by atoms with Crippen LogP contribution in [0.4, 0.5) is 4.79 Å². The van der Waals surface area contributed by atoms with Crippen molar-refractivity contribution in [2.24, 2.45) is 5.73 Å². The van der Waals surface area contributed by atoms with Gasteiger partial charge in [0.2, 0.25) is 5.91 Å². The van der Waals surface area contributed by atoms with E-state index in [0.717, 1.165) is 25.7 Å². The van der Waals surface area contributed by atoms with Crippen molar-refractivity contribution in [3.63, 3.8) is 0 Å². The number of nitrogens with zero attached hydrogens (tertiary/aromatic N) is 1. The molecule has 1 heterocycles. The highest BCUT2D eigenvalue weighted by molar-refractivity contribution is 5.84. The standard InChI is InChI=1S/C17H24N4O2/c1-19-17(13-5-3-2-4-6-13)9-7-16(8-10-17)12-21(11-14(18)22)15(23)20-16/h2-6,19H,7-12H2,1H3,(H2,18,22)(H,20,23)/t16-,17+. The number of amides is 3. The van der Waals surface area contributed by atoms with Crippen molar-refractivity contribution in [1.82, 2.24) is 15.5 Å². The molecule has 3 rings (SSSR count). The van der Waals surface area contributed by atoms with Gasteiger partial charge in [0.25, 0.3) is 0 Å². The zero-order valence-corrected chi connectivity index (χ0v) is 13.5. The predicted molar refractivity (Wildman–Crippen MR) is 87.7 cm³/mol. The fourth-order valence-corrected chi connectivity index (χ4v) is 3.98. The molecule has 2 fully saturated rings. The summed E-state index contributed by atoms with van der Waals surface area (Å²) < 4.78 is 0. The summed E-state index contributed by atoms with van der Waals surface area (Å²) >= 11 is 0. The number of hydrogen-bond acceptors (Lipinski definition) is 3. The molecule has 124 valence electrons. The van der Waals surface area contributed by atoms with E-state index in [9.17, 15) is 9.59 Å². The number of primary amides is 1. The third-order valence-corrected chi connectivity index (χ3v) is 5.37. The van der Waals surface area contributed by atoms with E-state index in [1.165, 1.54) is 10.5 Å². The van der Waals surface area contributed by atoms with Gasteiger partial charge in [0.15, 0.2) is 0 Å². The van der Waals surface area contributed by atoms with Crippen LogP contribution >= 0.6 is 0 Å². The van der Waals surface area contributed by atoms with Crippen molar-refractivity contribution >= 4 is 11.9 Å². The molecule has 23 heavy (non-hydrogen) atoms. The molecule has 0 unspecified atom stereocenters. The van der Waals surface area contributed by atoms with E-state index in [0.29, 0.717) is 6.54 Å². The quantitative estimate of drug-likeness (QED) is 0.772. The third kappa shape index (κ3) is 2.91. The van der Waals surface area contributed by atoms with Gasteiger partial charge in [-0.15, -0.1) is 0 Å².